The third kappa shape index (κ3) is 8.96. The van der Waals surface area contributed by atoms with Gasteiger partial charge < -0.3 is 0 Å². The molecule has 0 atom stereocenters. The van der Waals surface area contributed by atoms with Crippen LogP contribution in [0.1, 0.15) is 19.8 Å². The lowest BCUT2D eigenvalue weighted by Gasteiger charge is -1.81. The Bertz CT molecular complexity index is 159. The van der Waals surface area contributed by atoms with Gasteiger partial charge in [-0.25, -0.2) is 0 Å². The van der Waals surface area contributed by atoms with E-state index in [1.165, 1.54) is 0 Å². The molecule has 0 aliphatic rings. The molecule has 0 spiro atoms. The molecule has 0 aromatic rings. The Balaban J connectivity index is 3.35. The second-order valence-corrected chi connectivity index (χ2v) is 2.20. The molecular formula is C11H16. The van der Waals surface area contributed by atoms with E-state index in [4.69, 9.17) is 0 Å². The maximum absolute atomic E-state index is 3.64. The van der Waals surface area contributed by atoms with Crippen molar-refractivity contribution in [3.05, 3.63) is 49.1 Å². The van der Waals surface area contributed by atoms with Crippen LogP contribution in [-0.4, -0.2) is 0 Å². The first kappa shape index (κ1) is 9.96. The summed E-state index contributed by atoms with van der Waals surface area (Å²) in [7, 11) is 0. The summed E-state index contributed by atoms with van der Waals surface area (Å²) in [5.41, 5.74) is 0. The fraction of sp³-hybridized carbons (Fsp3) is 0.273. The van der Waals surface area contributed by atoms with Crippen LogP contribution in [-0.2, 0) is 0 Å². The first-order chi connectivity index (χ1) is 5.41. The molecule has 60 valence electrons. The van der Waals surface area contributed by atoms with Crippen molar-refractivity contribution in [3.8, 4) is 0 Å². The van der Waals surface area contributed by atoms with E-state index in [0.717, 1.165) is 12.8 Å². The van der Waals surface area contributed by atoms with E-state index >= 15 is 0 Å². The van der Waals surface area contributed by atoms with Crippen LogP contribution in [0.2, 0.25) is 0 Å². The molecule has 0 heterocycles. The largest absolute Gasteiger partial charge is 0.103 e. The van der Waals surface area contributed by atoms with Crippen LogP contribution in [0.3, 0.4) is 0 Å². The molecule has 0 saturated carbocycles. The van der Waals surface area contributed by atoms with E-state index in [-0.39, 0.29) is 0 Å². The first-order valence-electron chi connectivity index (χ1n) is 3.97. The number of hydrogen-bond donors (Lipinski definition) is 0. The van der Waals surface area contributed by atoms with E-state index in [2.05, 4.69) is 18.7 Å². The fourth-order valence-electron chi connectivity index (χ4n) is 0.628. The van der Waals surface area contributed by atoms with Gasteiger partial charge >= 0.3 is 0 Å². The van der Waals surface area contributed by atoms with Crippen LogP contribution in [0.4, 0.5) is 0 Å². The van der Waals surface area contributed by atoms with Gasteiger partial charge in [0.25, 0.3) is 0 Å². The first-order valence-corrected chi connectivity index (χ1v) is 3.97. The molecule has 0 aromatic heterocycles. The molecule has 0 bridgehead atoms. The zero-order chi connectivity index (χ0) is 8.36. The molecule has 11 heavy (non-hydrogen) atoms. The lowest BCUT2D eigenvalue weighted by Crippen LogP contribution is -1.60. The quantitative estimate of drug-likeness (QED) is 0.317. The summed E-state index contributed by atoms with van der Waals surface area (Å²) in [5, 5.41) is 0. The number of rotatable bonds is 5. The van der Waals surface area contributed by atoms with Crippen LogP contribution in [0.5, 0.6) is 0 Å². The maximum Gasteiger partial charge on any atom is -0.0313 e. The molecule has 0 saturated heterocycles. The predicted octanol–water partition coefficient (Wildman–Crippen LogP) is 3.64. The minimum absolute atomic E-state index is 1.06. The lowest BCUT2D eigenvalue weighted by atomic mass is 10.3. The van der Waals surface area contributed by atoms with Gasteiger partial charge in [-0.1, -0.05) is 42.5 Å². The highest BCUT2D eigenvalue weighted by Crippen LogP contribution is 1.91. The number of unbranched alkanes of at least 4 members (excludes halogenated alkanes) is 1. The smallest absolute Gasteiger partial charge is 0.0313 e. The van der Waals surface area contributed by atoms with Crippen molar-refractivity contribution in [1.82, 2.24) is 0 Å². The summed E-state index contributed by atoms with van der Waals surface area (Å²) in [4.78, 5) is 0. The monoisotopic (exact) mass is 148 g/mol. The summed E-state index contributed by atoms with van der Waals surface area (Å²) in [6.45, 7) is 5.65. The molecule has 0 aliphatic carbocycles. The van der Waals surface area contributed by atoms with E-state index < -0.39 is 0 Å². The lowest BCUT2D eigenvalue weighted by molar-refractivity contribution is 1.06. The Labute approximate surface area is 69.6 Å². The topological polar surface area (TPSA) is 0 Å². The van der Waals surface area contributed by atoms with Gasteiger partial charge in [-0.3, -0.25) is 0 Å². The van der Waals surface area contributed by atoms with Crippen molar-refractivity contribution in [2.45, 2.75) is 19.8 Å². The van der Waals surface area contributed by atoms with Gasteiger partial charge in [-0.2, -0.15) is 0 Å². The summed E-state index contributed by atoms with van der Waals surface area (Å²) >= 11 is 0. The second-order valence-electron chi connectivity index (χ2n) is 2.20. The van der Waals surface area contributed by atoms with Gasteiger partial charge in [0.05, 0.1) is 0 Å². The molecule has 0 heteroatoms. The van der Waals surface area contributed by atoms with Crippen LogP contribution in [0, 0.1) is 0 Å². The summed E-state index contributed by atoms with van der Waals surface area (Å²) in [6, 6.07) is 0. The average Bonchev–Trinajstić information content (AvgIpc) is 2.03. The molecule has 0 amide bonds. The third-order valence-corrected chi connectivity index (χ3v) is 1.20. The Hall–Kier alpha value is -1.04. The molecule has 0 nitrogen and oxygen atoms in total. The van der Waals surface area contributed by atoms with Crippen molar-refractivity contribution in [1.29, 1.82) is 0 Å². The third-order valence-electron chi connectivity index (χ3n) is 1.20. The molecule has 0 unspecified atom stereocenters. The minimum Gasteiger partial charge on any atom is -0.103 e. The second kappa shape index (κ2) is 8.96. The van der Waals surface area contributed by atoms with Crippen LogP contribution in [0.25, 0.3) is 0 Å². The van der Waals surface area contributed by atoms with Gasteiger partial charge in [-0.15, -0.1) is 6.58 Å². The van der Waals surface area contributed by atoms with Gasteiger partial charge in [0.15, 0.2) is 0 Å². The van der Waals surface area contributed by atoms with Crippen molar-refractivity contribution >= 4 is 0 Å². The van der Waals surface area contributed by atoms with Crippen LogP contribution in [0.15, 0.2) is 49.1 Å². The normalized spacial score (nSPS) is 12.1. The Kier molecular flexibility index (Phi) is 8.11. The summed E-state index contributed by atoms with van der Waals surface area (Å²) < 4.78 is 0. The molecule has 0 radical (unpaired) electrons. The fourth-order valence-corrected chi connectivity index (χ4v) is 0.628. The summed E-state index contributed by atoms with van der Waals surface area (Å²) in [6.07, 6.45) is 16.3. The molecule has 0 N–H and O–H groups in total. The van der Waals surface area contributed by atoms with E-state index in [9.17, 15) is 0 Å². The van der Waals surface area contributed by atoms with Crippen molar-refractivity contribution in [3.63, 3.8) is 0 Å². The number of hydrogen-bond acceptors (Lipinski definition) is 0. The molecular weight excluding hydrogens is 132 g/mol. The van der Waals surface area contributed by atoms with Crippen molar-refractivity contribution in [2.24, 2.45) is 0 Å². The van der Waals surface area contributed by atoms with E-state index in [0.29, 0.717) is 0 Å². The molecule has 0 aliphatic heterocycles. The van der Waals surface area contributed by atoms with Crippen molar-refractivity contribution in [2.75, 3.05) is 0 Å². The Morgan fingerprint density at radius 1 is 1.00 bits per heavy atom. The molecule has 0 fully saturated rings. The average molecular weight is 148 g/mol. The SMILES string of the molecule is C=CCCC=CC=CC=CC. The van der Waals surface area contributed by atoms with Gasteiger partial charge in [0.2, 0.25) is 0 Å². The highest BCUT2D eigenvalue weighted by Gasteiger charge is 1.70. The zero-order valence-corrected chi connectivity index (χ0v) is 7.16. The standard InChI is InChI=1S/C11H16/c1-3-5-7-9-11-10-8-6-4-2/h3-4,6,8-11H,1,5,7H2,2H3. The zero-order valence-electron chi connectivity index (χ0n) is 7.16. The minimum atomic E-state index is 1.06. The predicted molar refractivity (Wildman–Crippen MR) is 52.5 cm³/mol. The van der Waals surface area contributed by atoms with Crippen LogP contribution >= 0.6 is 0 Å². The Morgan fingerprint density at radius 3 is 2.36 bits per heavy atom. The molecule has 0 rings (SSSR count). The molecule has 0 aromatic carbocycles. The van der Waals surface area contributed by atoms with Gasteiger partial charge in [-0.05, 0) is 19.8 Å². The van der Waals surface area contributed by atoms with Gasteiger partial charge in [0, 0.05) is 0 Å². The highest BCUT2D eigenvalue weighted by atomic mass is 13.8. The van der Waals surface area contributed by atoms with E-state index in [1.807, 2.05) is 37.3 Å². The maximum atomic E-state index is 3.64. The number of allylic oxidation sites excluding steroid dienone is 7. The highest BCUT2D eigenvalue weighted by molar-refractivity contribution is 5.10. The van der Waals surface area contributed by atoms with Crippen molar-refractivity contribution < 1.29 is 0 Å². The van der Waals surface area contributed by atoms with E-state index in [1.54, 1.807) is 0 Å². The van der Waals surface area contributed by atoms with Crippen LogP contribution < -0.4 is 0 Å². The summed E-state index contributed by atoms with van der Waals surface area (Å²) in [5.74, 6) is 0. The van der Waals surface area contributed by atoms with Gasteiger partial charge in [0.1, 0.15) is 0 Å². The Morgan fingerprint density at radius 2 is 1.73 bits per heavy atom.